The molecule has 0 heterocycles. The molecule has 0 aliphatic carbocycles. The van der Waals surface area contributed by atoms with Crippen molar-refractivity contribution in [1.29, 1.82) is 0 Å². The van der Waals surface area contributed by atoms with Gasteiger partial charge < -0.3 is 20.7 Å². The first-order chi connectivity index (χ1) is 8.45. The van der Waals surface area contributed by atoms with Crippen molar-refractivity contribution in [2.45, 2.75) is 6.54 Å². The van der Waals surface area contributed by atoms with Crippen LogP contribution in [0.5, 0.6) is 0 Å². The summed E-state index contributed by atoms with van der Waals surface area (Å²) in [7, 11) is 5.00. The van der Waals surface area contributed by atoms with Gasteiger partial charge >= 0.3 is 12.0 Å². The van der Waals surface area contributed by atoms with Crippen molar-refractivity contribution >= 4 is 17.7 Å². The highest BCUT2D eigenvalue weighted by atomic mass is 16.5. The summed E-state index contributed by atoms with van der Waals surface area (Å²) in [6, 6.07) is 4.69. The molecule has 98 valence electrons. The predicted molar refractivity (Wildman–Crippen MR) is 68.5 cm³/mol. The monoisotopic (exact) mass is 251 g/mol. The van der Waals surface area contributed by atoms with Gasteiger partial charge in [0.05, 0.1) is 18.4 Å². The number of methoxy groups -OCH3 is 1. The number of esters is 1. The first-order valence-electron chi connectivity index (χ1n) is 5.37. The maximum atomic E-state index is 11.7. The van der Waals surface area contributed by atoms with Crippen LogP contribution in [0.1, 0.15) is 15.9 Å². The van der Waals surface area contributed by atoms with Gasteiger partial charge in [0.1, 0.15) is 0 Å². The minimum atomic E-state index is -0.605. The van der Waals surface area contributed by atoms with E-state index in [0.717, 1.165) is 11.3 Å². The average molecular weight is 251 g/mol. The topological polar surface area (TPSA) is 84.7 Å². The van der Waals surface area contributed by atoms with E-state index in [0.29, 0.717) is 5.56 Å². The number of nitrogens with one attached hydrogen (secondary N) is 1. The number of urea groups is 1. The van der Waals surface area contributed by atoms with Gasteiger partial charge in [-0.25, -0.2) is 9.59 Å². The predicted octanol–water partition coefficient (Wildman–Crippen LogP) is 0.708. The van der Waals surface area contributed by atoms with Crippen LogP contribution in [0.25, 0.3) is 0 Å². The zero-order valence-corrected chi connectivity index (χ0v) is 10.7. The normalized spacial score (nSPS) is 9.72. The maximum Gasteiger partial charge on any atom is 0.339 e. The van der Waals surface area contributed by atoms with Crippen LogP contribution in [0.15, 0.2) is 18.2 Å². The molecule has 0 atom stereocenters. The molecule has 6 heteroatoms. The van der Waals surface area contributed by atoms with Gasteiger partial charge in [-0.1, -0.05) is 6.07 Å². The number of carbonyl (C=O) groups is 2. The minimum absolute atomic E-state index is 0.271. The molecule has 0 unspecified atom stereocenters. The molecule has 0 spiro atoms. The lowest BCUT2D eigenvalue weighted by Gasteiger charge is -2.17. The molecule has 1 rings (SSSR count). The quantitative estimate of drug-likeness (QED) is 0.772. The number of hydrogen-bond acceptors (Lipinski definition) is 4. The molecule has 0 aromatic heterocycles. The molecule has 3 N–H and O–H groups in total. The van der Waals surface area contributed by atoms with E-state index in [-0.39, 0.29) is 6.54 Å². The highest BCUT2D eigenvalue weighted by Gasteiger charge is 2.14. The molecular formula is C12H17N3O3. The number of ether oxygens (including phenoxy) is 1. The van der Waals surface area contributed by atoms with Crippen molar-refractivity contribution in [3.8, 4) is 0 Å². The Kier molecular flexibility index (Phi) is 4.53. The molecule has 0 radical (unpaired) electrons. The lowest BCUT2D eigenvalue weighted by Crippen LogP contribution is -2.28. The van der Waals surface area contributed by atoms with Gasteiger partial charge in [-0.3, -0.25) is 0 Å². The first-order valence-corrected chi connectivity index (χ1v) is 5.37. The molecule has 2 amide bonds. The zero-order chi connectivity index (χ0) is 13.7. The van der Waals surface area contributed by atoms with Crippen LogP contribution in [0, 0.1) is 0 Å². The van der Waals surface area contributed by atoms with E-state index in [1.54, 1.807) is 12.1 Å². The van der Waals surface area contributed by atoms with Crippen molar-refractivity contribution < 1.29 is 14.3 Å². The van der Waals surface area contributed by atoms with Crippen LogP contribution >= 0.6 is 0 Å². The fourth-order valence-corrected chi connectivity index (χ4v) is 1.55. The van der Waals surface area contributed by atoms with Gasteiger partial charge in [-0.05, 0) is 17.7 Å². The van der Waals surface area contributed by atoms with Crippen LogP contribution in [0.3, 0.4) is 0 Å². The average Bonchev–Trinajstić information content (AvgIpc) is 2.34. The van der Waals surface area contributed by atoms with Gasteiger partial charge in [-0.15, -0.1) is 0 Å². The zero-order valence-electron chi connectivity index (χ0n) is 10.7. The van der Waals surface area contributed by atoms with Gasteiger partial charge in [0.25, 0.3) is 0 Å². The van der Waals surface area contributed by atoms with E-state index in [4.69, 9.17) is 10.5 Å². The van der Waals surface area contributed by atoms with Crippen LogP contribution in [0.2, 0.25) is 0 Å². The SMILES string of the molecule is COC(=O)c1cc(CNC(N)=O)ccc1N(C)C. The van der Waals surface area contributed by atoms with Crippen LogP contribution in [-0.4, -0.2) is 33.2 Å². The van der Waals surface area contributed by atoms with E-state index in [2.05, 4.69) is 5.32 Å². The summed E-state index contributed by atoms with van der Waals surface area (Å²) in [5.74, 6) is -0.417. The molecule has 6 nitrogen and oxygen atoms in total. The third kappa shape index (κ3) is 3.38. The second kappa shape index (κ2) is 5.90. The summed E-state index contributed by atoms with van der Waals surface area (Å²) in [5.41, 5.74) is 6.97. The lowest BCUT2D eigenvalue weighted by molar-refractivity contribution is 0.0601. The molecular weight excluding hydrogens is 234 g/mol. The first kappa shape index (κ1) is 13.8. The largest absolute Gasteiger partial charge is 0.465 e. The molecule has 0 fully saturated rings. The van der Waals surface area contributed by atoms with Crippen LogP contribution < -0.4 is 16.0 Å². The van der Waals surface area contributed by atoms with Gasteiger partial charge in [0, 0.05) is 20.6 Å². The Morgan fingerprint density at radius 3 is 2.56 bits per heavy atom. The fraction of sp³-hybridized carbons (Fsp3) is 0.333. The summed E-state index contributed by atoms with van der Waals surface area (Å²) in [5, 5.41) is 2.47. The number of primary amides is 1. The third-order valence-electron chi connectivity index (χ3n) is 2.41. The Morgan fingerprint density at radius 1 is 1.39 bits per heavy atom. The number of amides is 2. The second-order valence-corrected chi connectivity index (χ2v) is 3.96. The molecule has 0 bridgehead atoms. The number of hydrogen-bond donors (Lipinski definition) is 2. The molecule has 0 aliphatic rings. The number of carbonyl (C=O) groups excluding carboxylic acids is 2. The number of nitrogens with two attached hydrogens (primary N) is 1. The highest BCUT2D eigenvalue weighted by molar-refractivity contribution is 5.96. The van der Waals surface area contributed by atoms with Crippen molar-refractivity contribution in [2.24, 2.45) is 5.73 Å². The molecule has 0 saturated heterocycles. The Bertz CT molecular complexity index is 458. The summed E-state index contributed by atoms with van der Waals surface area (Å²) in [4.78, 5) is 24.1. The smallest absolute Gasteiger partial charge is 0.339 e. The number of rotatable bonds is 4. The number of nitrogens with zero attached hydrogens (tertiary/aromatic N) is 1. The maximum absolute atomic E-state index is 11.7. The van der Waals surface area contributed by atoms with Gasteiger partial charge in [0.2, 0.25) is 0 Å². The van der Waals surface area contributed by atoms with E-state index in [9.17, 15) is 9.59 Å². The van der Waals surface area contributed by atoms with Crippen molar-refractivity contribution in [1.82, 2.24) is 5.32 Å². The molecule has 0 saturated carbocycles. The van der Waals surface area contributed by atoms with Crippen LogP contribution in [0.4, 0.5) is 10.5 Å². The third-order valence-corrected chi connectivity index (χ3v) is 2.41. The Morgan fingerprint density at radius 2 is 2.06 bits per heavy atom. The van der Waals surface area contributed by atoms with E-state index >= 15 is 0 Å². The van der Waals surface area contributed by atoms with Crippen molar-refractivity contribution in [2.75, 3.05) is 26.1 Å². The van der Waals surface area contributed by atoms with Crippen molar-refractivity contribution in [3.05, 3.63) is 29.3 Å². The van der Waals surface area contributed by atoms with Crippen molar-refractivity contribution in [3.63, 3.8) is 0 Å². The van der Waals surface area contributed by atoms with E-state index < -0.39 is 12.0 Å². The fourth-order valence-electron chi connectivity index (χ4n) is 1.55. The lowest BCUT2D eigenvalue weighted by atomic mass is 10.1. The Hall–Kier alpha value is -2.24. The van der Waals surface area contributed by atoms with E-state index in [1.807, 2.05) is 25.1 Å². The standard InChI is InChI=1S/C12H17N3O3/c1-15(2)10-5-4-8(7-14-12(13)17)6-9(10)11(16)18-3/h4-6H,7H2,1-3H3,(H3,13,14,17). The molecule has 1 aromatic carbocycles. The number of benzene rings is 1. The number of anilines is 1. The summed E-state index contributed by atoms with van der Waals surface area (Å²) < 4.78 is 4.73. The second-order valence-electron chi connectivity index (χ2n) is 3.96. The van der Waals surface area contributed by atoms with E-state index in [1.165, 1.54) is 7.11 Å². The van der Waals surface area contributed by atoms with Crippen LogP contribution in [-0.2, 0) is 11.3 Å². The molecule has 0 aliphatic heterocycles. The van der Waals surface area contributed by atoms with Gasteiger partial charge in [-0.2, -0.15) is 0 Å². The summed E-state index contributed by atoms with van der Waals surface area (Å²) >= 11 is 0. The highest BCUT2D eigenvalue weighted by Crippen LogP contribution is 2.21. The molecule has 18 heavy (non-hydrogen) atoms. The minimum Gasteiger partial charge on any atom is -0.465 e. The Balaban J connectivity index is 3.05. The summed E-state index contributed by atoms with van der Waals surface area (Å²) in [6.07, 6.45) is 0. The van der Waals surface area contributed by atoms with Gasteiger partial charge in [0.15, 0.2) is 0 Å². The Labute approximate surface area is 106 Å². The molecule has 1 aromatic rings. The summed E-state index contributed by atoms with van der Waals surface area (Å²) in [6.45, 7) is 0.271.